The summed E-state index contributed by atoms with van der Waals surface area (Å²) < 4.78 is 5.55. The summed E-state index contributed by atoms with van der Waals surface area (Å²) >= 11 is 1.60. The van der Waals surface area contributed by atoms with Crippen molar-refractivity contribution in [1.82, 2.24) is 15.0 Å². The van der Waals surface area contributed by atoms with Gasteiger partial charge < -0.3 is 10.1 Å². The number of thioether (sulfide) groups is 1. The van der Waals surface area contributed by atoms with Gasteiger partial charge in [0.1, 0.15) is 5.03 Å². The SMILES string of the molecule is CCC(CC)Nc1nc(C)c(-c2ccc(C(C)C)nc2OC)nc1SC. The van der Waals surface area contributed by atoms with Crippen LogP contribution in [0.15, 0.2) is 17.2 Å². The monoisotopic (exact) mass is 374 g/mol. The van der Waals surface area contributed by atoms with E-state index in [2.05, 4.69) is 38.0 Å². The van der Waals surface area contributed by atoms with E-state index < -0.39 is 0 Å². The fourth-order valence-corrected chi connectivity index (χ4v) is 3.27. The lowest BCUT2D eigenvalue weighted by Crippen LogP contribution is -2.19. The van der Waals surface area contributed by atoms with Crippen molar-refractivity contribution in [2.45, 2.75) is 64.4 Å². The molecule has 2 aromatic rings. The smallest absolute Gasteiger partial charge is 0.222 e. The lowest BCUT2D eigenvalue weighted by molar-refractivity contribution is 0.397. The first-order chi connectivity index (χ1) is 12.4. The molecule has 0 spiro atoms. The van der Waals surface area contributed by atoms with Gasteiger partial charge in [0.15, 0.2) is 5.82 Å². The molecule has 0 aliphatic carbocycles. The van der Waals surface area contributed by atoms with Crippen LogP contribution in [-0.4, -0.2) is 34.4 Å². The number of rotatable bonds is 8. The van der Waals surface area contributed by atoms with Crippen LogP contribution in [0.4, 0.5) is 5.82 Å². The zero-order valence-corrected chi connectivity index (χ0v) is 17.7. The van der Waals surface area contributed by atoms with Gasteiger partial charge in [-0.05, 0) is 44.1 Å². The Bertz CT molecular complexity index is 745. The van der Waals surface area contributed by atoms with Crippen molar-refractivity contribution < 1.29 is 4.74 Å². The minimum absolute atomic E-state index is 0.346. The van der Waals surface area contributed by atoms with E-state index in [1.54, 1.807) is 18.9 Å². The van der Waals surface area contributed by atoms with Crippen LogP contribution < -0.4 is 10.1 Å². The van der Waals surface area contributed by atoms with Crippen LogP contribution in [-0.2, 0) is 0 Å². The Labute approximate surface area is 161 Å². The molecule has 6 heteroatoms. The first kappa shape index (κ1) is 20.5. The zero-order chi connectivity index (χ0) is 19.3. The van der Waals surface area contributed by atoms with Crippen LogP contribution in [0.2, 0.25) is 0 Å². The summed E-state index contributed by atoms with van der Waals surface area (Å²) in [5, 5.41) is 4.42. The van der Waals surface area contributed by atoms with Gasteiger partial charge in [-0.1, -0.05) is 27.7 Å². The molecule has 0 fully saturated rings. The molecule has 0 bridgehead atoms. The topological polar surface area (TPSA) is 59.9 Å². The Morgan fingerprint density at radius 2 is 1.81 bits per heavy atom. The van der Waals surface area contributed by atoms with Crippen molar-refractivity contribution in [3.8, 4) is 17.1 Å². The van der Waals surface area contributed by atoms with Crippen molar-refractivity contribution in [3.63, 3.8) is 0 Å². The Morgan fingerprint density at radius 3 is 2.35 bits per heavy atom. The fourth-order valence-electron chi connectivity index (χ4n) is 2.79. The first-order valence-corrected chi connectivity index (χ1v) is 10.4. The normalized spacial score (nSPS) is 11.3. The van der Waals surface area contributed by atoms with Crippen molar-refractivity contribution >= 4 is 17.6 Å². The molecule has 0 aliphatic heterocycles. The molecule has 0 atom stereocenters. The Morgan fingerprint density at radius 1 is 1.12 bits per heavy atom. The highest BCUT2D eigenvalue weighted by Gasteiger charge is 2.18. The maximum absolute atomic E-state index is 5.55. The number of nitrogens with zero attached hydrogens (tertiary/aromatic N) is 3. The third kappa shape index (κ3) is 4.47. The molecule has 2 heterocycles. The van der Waals surface area contributed by atoms with E-state index in [0.717, 1.165) is 46.3 Å². The molecule has 2 aromatic heterocycles. The highest BCUT2D eigenvalue weighted by Crippen LogP contribution is 2.34. The second kappa shape index (κ2) is 9.21. The Balaban J connectivity index is 2.51. The molecule has 0 radical (unpaired) electrons. The minimum atomic E-state index is 0.346. The number of methoxy groups -OCH3 is 1. The quantitative estimate of drug-likeness (QED) is 0.633. The molecular formula is C20H30N4OS. The van der Waals surface area contributed by atoms with E-state index in [9.17, 15) is 0 Å². The van der Waals surface area contributed by atoms with Gasteiger partial charge in [-0.2, -0.15) is 0 Å². The molecule has 1 N–H and O–H groups in total. The standard InChI is InChI=1S/C20H30N4OS/c1-8-14(9-2)22-18-20(26-7)24-17(13(5)21-18)15-10-11-16(12(3)4)23-19(15)25-6/h10-12,14H,8-9H2,1-7H3,(H,21,22). The van der Waals surface area contributed by atoms with Crippen molar-refractivity contribution in [2.24, 2.45) is 0 Å². The third-order valence-electron chi connectivity index (χ3n) is 4.48. The van der Waals surface area contributed by atoms with Crippen LogP contribution in [0.5, 0.6) is 5.88 Å². The van der Waals surface area contributed by atoms with Crippen LogP contribution >= 0.6 is 11.8 Å². The summed E-state index contributed by atoms with van der Waals surface area (Å²) in [6.45, 7) is 10.6. The van der Waals surface area contributed by atoms with Gasteiger partial charge in [0.2, 0.25) is 5.88 Å². The number of aryl methyl sites for hydroxylation is 1. The lowest BCUT2D eigenvalue weighted by atomic mass is 10.1. The van der Waals surface area contributed by atoms with Gasteiger partial charge in [0.05, 0.1) is 24.1 Å². The summed E-state index contributed by atoms with van der Waals surface area (Å²) in [4.78, 5) is 14.3. The summed E-state index contributed by atoms with van der Waals surface area (Å²) in [7, 11) is 1.65. The molecule has 0 saturated heterocycles. The number of ether oxygens (including phenoxy) is 1. The van der Waals surface area contributed by atoms with Crippen LogP contribution in [0.25, 0.3) is 11.3 Å². The lowest BCUT2D eigenvalue weighted by Gasteiger charge is -2.19. The summed E-state index contributed by atoms with van der Waals surface area (Å²) in [6, 6.07) is 4.48. The number of hydrogen-bond acceptors (Lipinski definition) is 6. The van der Waals surface area contributed by atoms with Gasteiger partial charge in [0, 0.05) is 11.7 Å². The van der Waals surface area contributed by atoms with E-state index in [-0.39, 0.29) is 0 Å². The molecular weight excluding hydrogens is 344 g/mol. The Hall–Kier alpha value is -1.82. The molecule has 0 amide bonds. The molecule has 0 aliphatic rings. The number of nitrogens with one attached hydrogen (secondary N) is 1. The molecule has 0 unspecified atom stereocenters. The third-order valence-corrected chi connectivity index (χ3v) is 5.15. The van der Waals surface area contributed by atoms with Gasteiger partial charge in [0.25, 0.3) is 0 Å². The second-order valence-electron chi connectivity index (χ2n) is 6.62. The molecule has 26 heavy (non-hydrogen) atoms. The number of pyridine rings is 1. The van der Waals surface area contributed by atoms with Crippen LogP contribution in [0.1, 0.15) is 57.8 Å². The maximum atomic E-state index is 5.55. The number of anilines is 1. The van der Waals surface area contributed by atoms with Crippen LogP contribution in [0, 0.1) is 6.92 Å². The average molecular weight is 375 g/mol. The summed E-state index contributed by atoms with van der Waals surface area (Å²) in [6.07, 6.45) is 4.14. The molecule has 0 saturated carbocycles. The van der Waals surface area contributed by atoms with Gasteiger partial charge in [-0.3, -0.25) is 0 Å². The predicted octanol–water partition coefficient (Wildman–Crippen LogP) is 5.30. The molecule has 142 valence electrons. The van der Waals surface area contributed by atoms with Crippen molar-refractivity contribution in [1.29, 1.82) is 0 Å². The van der Waals surface area contributed by atoms with E-state index >= 15 is 0 Å². The summed E-state index contributed by atoms with van der Waals surface area (Å²) in [5.41, 5.74) is 3.58. The Kier molecular flexibility index (Phi) is 7.26. The second-order valence-corrected chi connectivity index (χ2v) is 7.42. The van der Waals surface area contributed by atoms with E-state index in [1.165, 1.54) is 0 Å². The predicted molar refractivity (Wildman–Crippen MR) is 110 cm³/mol. The highest BCUT2D eigenvalue weighted by atomic mass is 32.2. The van der Waals surface area contributed by atoms with E-state index in [4.69, 9.17) is 14.7 Å². The van der Waals surface area contributed by atoms with Crippen molar-refractivity contribution in [2.75, 3.05) is 18.7 Å². The number of hydrogen-bond donors (Lipinski definition) is 1. The molecule has 2 rings (SSSR count). The fraction of sp³-hybridized carbons (Fsp3) is 0.550. The highest BCUT2D eigenvalue weighted by molar-refractivity contribution is 7.98. The van der Waals surface area contributed by atoms with Gasteiger partial charge in [-0.15, -0.1) is 11.8 Å². The van der Waals surface area contributed by atoms with Gasteiger partial charge in [-0.25, -0.2) is 15.0 Å². The maximum Gasteiger partial charge on any atom is 0.222 e. The zero-order valence-electron chi connectivity index (χ0n) is 16.9. The van der Waals surface area contributed by atoms with E-state index in [0.29, 0.717) is 17.8 Å². The largest absolute Gasteiger partial charge is 0.480 e. The first-order valence-electron chi connectivity index (χ1n) is 9.19. The van der Waals surface area contributed by atoms with Crippen LogP contribution in [0.3, 0.4) is 0 Å². The average Bonchev–Trinajstić information content (AvgIpc) is 2.65. The molecule has 0 aromatic carbocycles. The number of aromatic nitrogens is 3. The molecule has 5 nitrogen and oxygen atoms in total. The minimum Gasteiger partial charge on any atom is -0.480 e. The van der Waals surface area contributed by atoms with Crippen molar-refractivity contribution in [3.05, 3.63) is 23.5 Å². The van der Waals surface area contributed by atoms with Gasteiger partial charge >= 0.3 is 0 Å². The summed E-state index contributed by atoms with van der Waals surface area (Å²) in [5.74, 6) is 1.80. The van der Waals surface area contributed by atoms with E-state index in [1.807, 2.05) is 25.3 Å².